The van der Waals surface area contributed by atoms with E-state index in [0.29, 0.717) is 17.9 Å². The molecule has 3 atom stereocenters. The Bertz CT molecular complexity index is 942. The van der Waals surface area contributed by atoms with E-state index in [1.54, 1.807) is 0 Å². The lowest BCUT2D eigenvalue weighted by molar-refractivity contribution is 0.426. The van der Waals surface area contributed by atoms with Crippen molar-refractivity contribution in [2.45, 2.75) is 18.4 Å². The highest BCUT2D eigenvalue weighted by Crippen LogP contribution is 2.51. The Labute approximate surface area is 150 Å². The molecule has 2 aliphatic rings. The van der Waals surface area contributed by atoms with Crippen LogP contribution in [0, 0.1) is 5.92 Å². The number of benzene rings is 3. The molecule has 0 spiro atoms. The molecule has 1 heterocycles. The van der Waals surface area contributed by atoms with E-state index in [2.05, 4.69) is 94.1 Å². The van der Waals surface area contributed by atoms with Crippen molar-refractivity contribution >= 4 is 32.4 Å². The molecule has 24 heavy (non-hydrogen) atoms. The van der Waals surface area contributed by atoms with Crippen LogP contribution in [0.2, 0.25) is 0 Å². The van der Waals surface area contributed by atoms with Gasteiger partial charge in [-0.15, -0.1) is 0 Å². The van der Waals surface area contributed by atoms with Crippen molar-refractivity contribution in [1.29, 1.82) is 0 Å². The van der Waals surface area contributed by atoms with Gasteiger partial charge in [-0.3, -0.25) is 0 Å². The average molecular weight is 376 g/mol. The van der Waals surface area contributed by atoms with E-state index in [9.17, 15) is 0 Å². The second kappa shape index (κ2) is 5.49. The van der Waals surface area contributed by atoms with Crippen molar-refractivity contribution in [2.24, 2.45) is 5.92 Å². The smallest absolute Gasteiger partial charge is 0.0554 e. The number of rotatable bonds is 1. The van der Waals surface area contributed by atoms with Crippen molar-refractivity contribution in [3.05, 3.63) is 88.4 Å². The van der Waals surface area contributed by atoms with Crippen LogP contribution < -0.4 is 5.32 Å². The van der Waals surface area contributed by atoms with E-state index in [-0.39, 0.29) is 0 Å². The number of hydrogen-bond acceptors (Lipinski definition) is 1. The highest BCUT2D eigenvalue weighted by molar-refractivity contribution is 9.10. The van der Waals surface area contributed by atoms with Gasteiger partial charge in [-0.1, -0.05) is 76.6 Å². The lowest BCUT2D eigenvalue weighted by atomic mass is 9.76. The predicted octanol–water partition coefficient (Wildman–Crippen LogP) is 6.43. The van der Waals surface area contributed by atoms with Crippen molar-refractivity contribution in [3.8, 4) is 0 Å². The number of nitrogens with one attached hydrogen (secondary N) is 1. The fourth-order valence-corrected chi connectivity index (χ4v) is 4.60. The first-order valence-corrected chi connectivity index (χ1v) is 9.31. The molecule has 0 saturated heterocycles. The van der Waals surface area contributed by atoms with Gasteiger partial charge in [-0.25, -0.2) is 0 Å². The van der Waals surface area contributed by atoms with Crippen LogP contribution in [0.15, 0.2) is 77.3 Å². The Morgan fingerprint density at radius 2 is 1.75 bits per heavy atom. The molecule has 0 radical (unpaired) electrons. The molecule has 1 N–H and O–H groups in total. The molecular formula is C22H18BrN. The average Bonchev–Trinajstić information content (AvgIpc) is 3.11. The second-order valence-corrected chi connectivity index (χ2v) is 7.69. The Hall–Kier alpha value is -2.06. The van der Waals surface area contributed by atoms with E-state index in [1.807, 2.05) is 0 Å². The summed E-state index contributed by atoms with van der Waals surface area (Å²) in [6, 6.07) is 22.4. The molecule has 3 unspecified atom stereocenters. The highest BCUT2D eigenvalue weighted by atomic mass is 79.9. The lowest BCUT2D eigenvalue weighted by Crippen LogP contribution is -2.29. The van der Waals surface area contributed by atoms with Crippen LogP contribution in [0.3, 0.4) is 0 Å². The Morgan fingerprint density at radius 3 is 2.62 bits per heavy atom. The van der Waals surface area contributed by atoms with Crippen LogP contribution >= 0.6 is 15.9 Å². The van der Waals surface area contributed by atoms with Crippen LogP contribution in [0.5, 0.6) is 0 Å². The van der Waals surface area contributed by atoms with E-state index in [1.165, 1.54) is 27.6 Å². The summed E-state index contributed by atoms with van der Waals surface area (Å²) in [6.07, 6.45) is 5.91. The molecule has 0 fully saturated rings. The summed E-state index contributed by atoms with van der Waals surface area (Å²) in [5, 5.41) is 6.53. The van der Waals surface area contributed by atoms with Crippen molar-refractivity contribution in [1.82, 2.24) is 0 Å². The summed E-state index contributed by atoms with van der Waals surface area (Å²) in [5.41, 5.74) is 4.13. The van der Waals surface area contributed by atoms with Gasteiger partial charge in [0.25, 0.3) is 0 Å². The second-order valence-electron chi connectivity index (χ2n) is 6.78. The molecule has 1 aliphatic carbocycles. The van der Waals surface area contributed by atoms with Crippen molar-refractivity contribution in [3.63, 3.8) is 0 Å². The molecule has 0 amide bonds. The van der Waals surface area contributed by atoms with Crippen molar-refractivity contribution < 1.29 is 0 Å². The zero-order valence-electron chi connectivity index (χ0n) is 13.2. The highest BCUT2D eigenvalue weighted by Gasteiger charge is 2.38. The number of fused-ring (bicyclic) bond motifs is 5. The molecule has 3 aromatic rings. The van der Waals surface area contributed by atoms with Gasteiger partial charge in [0, 0.05) is 21.5 Å². The fraction of sp³-hybridized carbons (Fsp3) is 0.182. The predicted molar refractivity (Wildman–Crippen MR) is 104 cm³/mol. The lowest BCUT2D eigenvalue weighted by Gasteiger charge is -2.38. The quantitative estimate of drug-likeness (QED) is 0.483. The number of allylic oxidation sites excluding steroid dienone is 2. The number of hydrogen-bond donors (Lipinski definition) is 1. The topological polar surface area (TPSA) is 12.0 Å². The van der Waals surface area contributed by atoms with Crippen molar-refractivity contribution in [2.75, 3.05) is 5.32 Å². The molecule has 118 valence electrons. The summed E-state index contributed by atoms with van der Waals surface area (Å²) < 4.78 is 1.13. The molecule has 1 nitrogen and oxygen atoms in total. The molecule has 5 rings (SSSR count). The number of anilines is 1. The SMILES string of the molecule is Brc1ccc(C2Nc3c(ccc4ccccc34)C3C=CCC32)cc1. The third-order valence-electron chi connectivity index (χ3n) is 5.49. The van der Waals surface area contributed by atoms with Crippen LogP contribution in [0.4, 0.5) is 5.69 Å². The van der Waals surface area contributed by atoms with Gasteiger partial charge in [0.1, 0.15) is 0 Å². The van der Waals surface area contributed by atoms with Crippen LogP contribution in [-0.2, 0) is 0 Å². The van der Waals surface area contributed by atoms with Gasteiger partial charge < -0.3 is 5.32 Å². The van der Waals surface area contributed by atoms with Gasteiger partial charge >= 0.3 is 0 Å². The monoisotopic (exact) mass is 375 g/mol. The van der Waals surface area contributed by atoms with E-state index >= 15 is 0 Å². The third-order valence-corrected chi connectivity index (χ3v) is 6.02. The standard InChI is InChI=1S/C22H18BrN/c23-16-11-8-15(9-12-16)21-19-7-3-6-18(19)20-13-10-14-4-1-2-5-17(14)22(20)24-21/h1-6,8-13,18-19,21,24H,7H2. The van der Waals surface area contributed by atoms with Crippen LogP contribution in [-0.4, -0.2) is 0 Å². The van der Waals surface area contributed by atoms with E-state index < -0.39 is 0 Å². The minimum absolute atomic E-state index is 0.358. The number of halogens is 1. The summed E-state index contributed by atoms with van der Waals surface area (Å²) in [4.78, 5) is 0. The van der Waals surface area contributed by atoms with Gasteiger partial charge in [0.2, 0.25) is 0 Å². The van der Waals surface area contributed by atoms with Gasteiger partial charge in [-0.2, -0.15) is 0 Å². The van der Waals surface area contributed by atoms with Crippen LogP contribution in [0.1, 0.15) is 29.5 Å². The zero-order chi connectivity index (χ0) is 16.1. The molecular weight excluding hydrogens is 358 g/mol. The first-order valence-electron chi connectivity index (χ1n) is 8.51. The first-order chi connectivity index (χ1) is 11.8. The fourth-order valence-electron chi connectivity index (χ4n) is 4.34. The summed E-state index contributed by atoms with van der Waals surface area (Å²) in [7, 11) is 0. The summed E-state index contributed by atoms with van der Waals surface area (Å²) in [5.74, 6) is 1.11. The Morgan fingerprint density at radius 1 is 0.917 bits per heavy atom. The molecule has 1 aliphatic heterocycles. The Balaban J connectivity index is 1.69. The Kier molecular flexibility index (Phi) is 3.27. The summed E-state index contributed by atoms with van der Waals surface area (Å²) in [6.45, 7) is 0. The maximum atomic E-state index is 3.89. The van der Waals surface area contributed by atoms with Crippen LogP contribution in [0.25, 0.3) is 10.8 Å². The van der Waals surface area contributed by atoms with E-state index in [4.69, 9.17) is 0 Å². The third kappa shape index (κ3) is 2.13. The summed E-state index contributed by atoms with van der Waals surface area (Å²) >= 11 is 3.55. The van der Waals surface area contributed by atoms with Gasteiger partial charge in [0.05, 0.1) is 6.04 Å². The first kappa shape index (κ1) is 14.3. The minimum Gasteiger partial charge on any atom is -0.377 e. The van der Waals surface area contributed by atoms with E-state index in [0.717, 1.165) is 10.9 Å². The minimum atomic E-state index is 0.358. The zero-order valence-corrected chi connectivity index (χ0v) is 14.8. The maximum Gasteiger partial charge on any atom is 0.0554 e. The molecule has 3 aromatic carbocycles. The molecule has 2 heteroatoms. The maximum absolute atomic E-state index is 3.89. The molecule has 0 aromatic heterocycles. The largest absolute Gasteiger partial charge is 0.377 e. The normalized spacial score (nSPS) is 24.5. The molecule has 0 saturated carbocycles. The van der Waals surface area contributed by atoms with Gasteiger partial charge in [-0.05, 0) is 41.0 Å². The molecule has 0 bridgehead atoms. The van der Waals surface area contributed by atoms with Gasteiger partial charge in [0.15, 0.2) is 0 Å².